The molecule has 0 aliphatic carbocycles. The largest absolute Gasteiger partial charge is 0.310 e. The van der Waals surface area contributed by atoms with E-state index in [-0.39, 0.29) is 34.0 Å². The Kier molecular flexibility index (Phi) is 8.06. The first kappa shape index (κ1) is 25.4. The number of carbonyl (C=O) groups excluding carboxylic acids is 1. The van der Waals surface area contributed by atoms with Crippen LogP contribution < -0.4 is 5.43 Å². The van der Waals surface area contributed by atoms with Gasteiger partial charge in [-0.25, -0.2) is 22.3 Å². The smallest absolute Gasteiger partial charge is 0.289 e. The molecular formula is C24H27N3O5S2. The summed E-state index contributed by atoms with van der Waals surface area (Å²) in [5, 5.41) is 3.88. The second kappa shape index (κ2) is 10.8. The lowest BCUT2D eigenvalue weighted by atomic mass is 10.2. The van der Waals surface area contributed by atoms with Gasteiger partial charge in [0.05, 0.1) is 17.0 Å². The molecule has 10 heteroatoms. The molecule has 1 aromatic carbocycles. The fourth-order valence-corrected chi connectivity index (χ4v) is 7.59. The maximum atomic E-state index is 13.2. The van der Waals surface area contributed by atoms with Gasteiger partial charge in [-0.2, -0.15) is 5.10 Å². The topological polar surface area (TPSA) is 114 Å². The van der Waals surface area contributed by atoms with Crippen molar-refractivity contribution in [1.82, 2.24) is 9.83 Å². The van der Waals surface area contributed by atoms with E-state index in [1.54, 1.807) is 38.1 Å². The highest BCUT2D eigenvalue weighted by Gasteiger charge is 2.36. The molecule has 0 bridgehead atoms. The van der Waals surface area contributed by atoms with Gasteiger partial charge in [-0.05, 0) is 36.6 Å². The van der Waals surface area contributed by atoms with Crippen LogP contribution in [0, 0.1) is 0 Å². The van der Waals surface area contributed by atoms with Crippen LogP contribution in [0.2, 0.25) is 0 Å². The van der Waals surface area contributed by atoms with Gasteiger partial charge in [0, 0.05) is 12.4 Å². The highest BCUT2D eigenvalue weighted by atomic mass is 32.2. The number of nitrogens with zero attached hydrogens (tertiary/aromatic N) is 2. The summed E-state index contributed by atoms with van der Waals surface area (Å²) in [7, 11) is -8.05. The number of aromatic nitrogens is 1. The average molecular weight is 502 g/mol. The molecule has 8 nitrogen and oxygen atoms in total. The van der Waals surface area contributed by atoms with Crippen LogP contribution in [0.4, 0.5) is 0 Å². The summed E-state index contributed by atoms with van der Waals surface area (Å²) in [4.78, 5) is 12.3. The molecule has 0 spiro atoms. The summed E-state index contributed by atoms with van der Waals surface area (Å²) in [5.74, 6) is -1.35. The third-order valence-electron chi connectivity index (χ3n) is 4.95. The molecule has 2 heterocycles. The molecule has 0 atom stereocenters. The molecule has 2 aromatic heterocycles. The zero-order valence-corrected chi connectivity index (χ0v) is 20.6. The normalized spacial score (nSPS) is 12.6. The Labute approximate surface area is 199 Å². The van der Waals surface area contributed by atoms with Crippen molar-refractivity contribution in [3.8, 4) is 0 Å². The Hall–Kier alpha value is -3.24. The number of amides is 1. The maximum Gasteiger partial charge on any atom is 0.289 e. The monoisotopic (exact) mass is 501 g/mol. The number of nitrogens with one attached hydrogen (secondary N) is 1. The maximum absolute atomic E-state index is 13.2. The van der Waals surface area contributed by atoms with Gasteiger partial charge in [-0.15, -0.1) is 0 Å². The molecule has 0 radical (unpaired) electrons. The van der Waals surface area contributed by atoms with Gasteiger partial charge in [0.1, 0.15) is 15.5 Å². The Bertz CT molecular complexity index is 1440. The van der Waals surface area contributed by atoms with Crippen molar-refractivity contribution in [2.24, 2.45) is 5.10 Å². The van der Waals surface area contributed by atoms with Crippen LogP contribution in [0.3, 0.4) is 0 Å². The fraction of sp³-hybridized carbons (Fsp3) is 0.250. The summed E-state index contributed by atoms with van der Waals surface area (Å²) in [5.41, 5.74) is 3.14. The number of pyridine rings is 1. The van der Waals surface area contributed by atoms with Crippen LogP contribution >= 0.6 is 0 Å². The molecule has 3 rings (SSSR count). The first-order chi connectivity index (χ1) is 16.2. The van der Waals surface area contributed by atoms with E-state index in [4.69, 9.17) is 0 Å². The van der Waals surface area contributed by atoms with Crippen molar-refractivity contribution in [1.29, 1.82) is 0 Å². The average Bonchev–Trinajstić information content (AvgIpc) is 3.17. The third-order valence-corrected chi connectivity index (χ3v) is 9.03. The molecule has 0 saturated carbocycles. The summed E-state index contributed by atoms with van der Waals surface area (Å²) in [6.45, 7) is 3.37. The summed E-state index contributed by atoms with van der Waals surface area (Å²) in [6, 6.07) is 14.2. The van der Waals surface area contributed by atoms with Crippen LogP contribution in [0.1, 0.15) is 42.7 Å². The van der Waals surface area contributed by atoms with Crippen molar-refractivity contribution in [2.75, 3.05) is 11.5 Å². The number of hydrazone groups is 1. The van der Waals surface area contributed by atoms with E-state index in [0.717, 1.165) is 5.56 Å². The minimum atomic E-state index is -4.08. The highest BCUT2D eigenvalue weighted by Crippen LogP contribution is 2.34. The molecule has 0 fully saturated rings. The Morgan fingerprint density at radius 3 is 2.18 bits per heavy atom. The van der Waals surface area contributed by atoms with E-state index in [2.05, 4.69) is 10.5 Å². The lowest BCUT2D eigenvalue weighted by Gasteiger charge is -2.08. The number of hydrogen-bond donors (Lipinski definition) is 1. The summed E-state index contributed by atoms with van der Waals surface area (Å²) in [6.07, 6.45) is 6.81. The first-order valence-electron chi connectivity index (χ1n) is 10.9. The molecule has 0 unspecified atom stereocenters. The van der Waals surface area contributed by atoms with Crippen LogP contribution in [0.25, 0.3) is 11.6 Å². The second-order valence-electron chi connectivity index (χ2n) is 7.59. The number of carbonyl (C=O) groups is 1. The van der Waals surface area contributed by atoms with Gasteiger partial charge in [0.2, 0.25) is 0 Å². The van der Waals surface area contributed by atoms with E-state index >= 15 is 0 Å². The molecule has 3 aromatic rings. The van der Waals surface area contributed by atoms with Gasteiger partial charge in [-0.3, -0.25) is 4.79 Å². The van der Waals surface area contributed by atoms with Crippen LogP contribution in [-0.2, 0) is 19.7 Å². The van der Waals surface area contributed by atoms with Crippen molar-refractivity contribution < 1.29 is 21.6 Å². The second-order valence-corrected chi connectivity index (χ2v) is 11.7. The lowest BCUT2D eigenvalue weighted by molar-refractivity contribution is 0.0945. The first-order valence-corrected chi connectivity index (χ1v) is 14.2. The van der Waals surface area contributed by atoms with E-state index in [1.165, 1.54) is 22.9 Å². The third kappa shape index (κ3) is 5.45. The minimum absolute atomic E-state index is 0.142. The van der Waals surface area contributed by atoms with Crippen molar-refractivity contribution in [3.05, 3.63) is 72.1 Å². The standard InChI is InChI=1S/C24H27N3O5S2/c1-3-17-33(29,30)22-20-14-8-9-16-27(20)21(23(22)34(31,32)18-4-2)24(28)26-25-15-10-13-19-11-6-5-7-12-19/h5-16H,3-4,17-18H2,1-2H3,(H,26,28)/b13-10+,25-15-. The molecule has 1 N–H and O–H groups in total. The molecule has 0 aliphatic rings. The zero-order chi connectivity index (χ0) is 24.8. The van der Waals surface area contributed by atoms with Crippen LogP contribution in [-0.4, -0.2) is 44.9 Å². The van der Waals surface area contributed by atoms with Crippen LogP contribution in [0.15, 0.2) is 75.7 Å². The molecule has 1 amide bonds. The van der Waals surface area contributed by atoms with E-state index in [0.29, 0.717) is 6.42 Å². The molecule has 180 valence electrons. The quantitative estimate of drug-likeness (QED) is 0.336. The van der Waals surface area contributed by atoms with Gasteiger partial charge in [-0.1, -0.05) is 56.3 Å². The molecule has 34 heavy (non-hydrogen) atoms. The Morgan fingerprint density at radius 2 is 1.53 bits per heavy atom. The molecule has 0 saturated heterocycles. The summed E-state index contributed by atoms with van der Waals surface area (Å²) < 4.78 is 54.0. The van der Waals surface area contributed by atoms with E-state index in [9.17, 15) is 21.6 Å². The Morgan fingerprint density at radius 1 is 0.912 bits per heavy atom. The number of sulfone groups is 2. The molecule has 0 aliphatic heterocycles. The predicted octanol–water partition coefficient (Wildman–Crippen LogP) is 3.74. The minimum Gasteiger partial charge on any atom is -0.310 e. The molecular weight excluding hydrogens is 474 g/mol. The van der Waals surface area contributed by atoms with Gasteiger partial charge in [0.25, 0.3) is 5.91 Å². The van der Waals surface area contributed by atoms with E-state index in [1.807, 2.05) is 30.3 Å². The highest BCUT2D eigenvalue weighted by molar-refractivity contribution is 7.94. The number of benzene rings is 1. The number of rotatable bonds is 10. The number of allylic oxidation sites excluding steroid dienone is 1. The van der Waals surface area contributed by atoms with Crippen molar-refractivity contribution in [2.45, 2.75) is 36.5 Å². The zero-order valence-electron chi connectivity index (χ0n) is 19.0. The van der Waals surface area contributed by atoms with Gasteiger partial charge >= 0.3 is 0 Å². The predicted molar refractivity (Wildman–Crippen MR) is 134 cm³/mol. The van der Waals surface area contributed by atoms with Crippen LogP contribution in [0.5, 0.6) is 0 Å². The van der Waals surface area contributed by atoms with Crippen molar-refractivity contribution >= 4 is 43.4 Å². The van der Waals surface area contributed by atoms with Gasteiger partial charge < -0.3 is 4.40 Å². The SMILES string of the molecule is CCCS(=O)(=O)c1c(S(=O)(=O)CCC)c2ccccn2c1C(=O)N/N=C\C=C\c1ccccc1. The van der Waals surface area contributed by atoms with Crippen molar-refractivity contribution in [3.63, 3.8) is 0 Å². The number of fused-ring (bicyclic) bond motifs is 1. The van der Waals surface area contributed by atoms with E-state index < -0.39 is 30.5 Å². The van der Waals surface area contributed by atoms with Gasteiger partial charge in [0.15, 0.2) is 19.7 Å². The number of hydrogen-bond acceptors (Lipinski definition) is 6. The Balaban J connectivity index is 2.10. The lowest BCUT2D eigenvalue weighted by Crippen LogP contribution is -2.23. The fourth-order valence-electron chi connectivity index (χ4n) is 3.61. The summed E-state index contributed by atoms with van der Waals surface area (Å²) >= 11 is 0.